The molecule has 1 N–H and O–H groups in total. The van der Waals surface area contributed by atoms with E-state index >= 15 is 0 Å². The van der Waals surface area contributed by atoms with Gasteiger partial charge in [0.25, 0.3) is 0 Å². The van der Waals surface area contributed by atoms with Crippen LogP contribution in [0.4, 0.5) is 0 Å². The summed E-state index contributed by atoms with van der Waals surface area (Å²) in [4.78, 5) is 20.3. The second-order valence-electron chi connectivity index (χ2n) is 4.98. The van der Waals surface area contributed by atoms with Crippen LogP contribution in [-0.2, 0) is 0 Å². The van der Waals surface area contributed by atoms with Gasteiger partial charge in [0.05, 0.1) is 5.69 Å². The van der Waals surface area contributed by atoms with Crippen molar-refractivity contribution >= 4 is 17.7 Å². The second-order valence-corrected chi connectivity index (χ2v) is 6.07. The van der Waals surface area contributed by atoms with Crippen LogP contribution >= 0.6 is 11.8 Å². The molecule has 0 amide bonds. The molecule has 1 aromatic rings. The largest absolute Gasteiger partial charge is 0.478 e. The SMILES string of the molecule is CCCSc1nc(C2CCCC2)nc(C)c1C(=O)O. The second kappa shape index (κ2) is 6.37. The topological polar surface area (TPSA) is 63.1 Å². The van der Waals surface area contributed by atoms with Crippen molar-refractivity contribution in [2.45, 2.75) is 56.9 Å². The van der Waals surface area contributed by atoms with Crippen molar-refractivity contribution in [2.24, 2.45) is 0 Å². The van der Waals surface area contributed by atoms with Gasteiger partial charge in [0.2, 0.25) is 0 Å². The monoisotopic (exact) mass is 280 g/mol. The highest BCUT2D eigenvalue weighted by molar-refractivity contribution is 7.99. The van der Waals surface area contributed by atoms with E-state index in [1.54, 1.807) is 6.92 Å². The quantitative estimate of drug-likeness (QED) is 0.659. The van der Waals surface area contributed by atoms with E-state index in [4.69, 9.17) is 0 Å². The maximum atomic E-state index is 11.3. The molecule has 0 aromatic carbocycles. The zero-order valence-electron chi connectivity index (χ0n) is 11.5. The van der Waals surface area contributed by atoms with Crippen LogP contribution in [0.3, 0.4) is 0 Å². The Morgan fingerprint density at radius 3 is 2.63 bits per heavy atom. The summed E-state index contributed by atoms with van der Waals surface area (Å²) in [5.41, 5.74) is 0.878. The van der Waals surface area contributed by atoms with E-state index in [1.807, 2.05) is 0 Å². The average Bonchev–Trinajstić information content (AvgIpc) is 2.88. The molecular weight excluding hydrogens is 260 g/mol. The molecule has 0 radical (unpaired) electrons. The third-order valence-electron chi connectivity index (χ3n) is 3.45. The normalized spacial score (nSPS) is 15.9. The van der Waals surface area contributed by atoms with E-state index in [9.17, 15) is 9.90 Å². The summed E-state index contributed by atoms with van der Waals surface area (Å²) in [5, 5.41) is 9.95. The third kappa shape index (κ3) is 3.26. The molecule has 2 rings (SSSR count). The molecule has 1 saturated carbocycles. The molecule has 0 bridgehead atoms. The fourth-order valence-electron chi connectivity index (χ4n) is 2.48. The van der Waals surface area contributed by atoms with E-state index < -0.39 is 5.97 Å². The number of carboxylic acid groups (broad SMARTS) is 1. The summed E-state index contributed by atoms with van der Waals surface area (Å²) >= 11 is 1.53. The van der Waals surface area contributed by atoms with Gasteiger partial charge in [0.1, 0.15) is 16.4 Å². The Balaban J connectivity index is 2.37. The summed E-state index contributed by atoms with van der Waals surface area (Å²) in [5.74, 6) is 1.23. The lowest BCUT2D eigenvalue weighted by Gasteiger charge is -2.13. The first kappa shape index (κ1) is 14.3. The lowest BCUT2D eigenvalue weighted by atomic mass is 10.1. The Morgan fingerprint density at radius 2 is 2.05 bits per heavy atom. The predicted octanol–water partition coefficient (Wildman–Crippen LogP) is 3.64. The minimum atomic E-state index is -0.922. The van der Waals surface area contributed by atoms with Crippen molar-refractivity contribution in [2.75, 3.05) is 5.75 Å². The lowest BCUT2D eigenvalue weighted by molar-refractivity contribution is 0.0690. The number of carboxylic acids is 1. The zero-order valence-corrected chi connectivity index (χ0v) is 12.3. The first-order valence-electron chi connectivity index (χ1n) is 6.88. The van der Waals surface area contributed by atoms with Crippen LogP contribution in [0.25, 0.3) is 0 Å². The van der Waals surface area contributed by atoms with Gasteiger partial charge in [-0.3, -0.25) is 0 Å². The number of nitrogens with zero attached hydrogens (tertiary/aromatic N) is 2. The van der Waals surface area contributed by atoms with Gasteiger partial charge < -0.3 is 5.11 Å². The molecule has 0 saturated heterocycles. The molecule has 0 unspecified atom stereocenters. The van der Waals surface area contributed by atoms with Crippen LogP contribution in [0.1, 0.15) is 66.8 Å². The molecule has 4 nitrogen and oxygen atoms in total. The Morgan fingerprint density at radius 1 is 1.37 bits per heavy atom. The van der Waals surface area contributed by atoms with Gasteiger partial charge in [-0.05, 0) is 31.9 Å². The number of hydrogen-bond donors (Lipinski definition) is 1. The summed E-state index contributed by atoms with van der Waals surface area (Å²) in [7, 11) is 0. The first-order chi connectivity index (χ1) is 9.13. The van der Waals surface area contributed by atoms with Crippen molar-refractivity contribution < 1.29 is 9.90 Å². The molecule has 104 valence electrons. The molecule has 0 atom stereocenters. The number of carbonyl (C=O) groups is 1. The van der Waals surface area contributed by atoms with Crippen molar-refractivity contribution in [3.05, 3.63) is 17.1 Å². The van der Waals surface area contributed by atoms with E-state index in [0.717, 1.165) is 30.8 Å². The van der Waals surface area contributed by atoms with Crippen LogP contribution in [-0.4, -0.2) is 26.8 Å². The fraction of sp³-hybridized carbons (Fsp3) is 0.643. The minimum absolute atomic E-state index is 0.278. The molecular formula is C14H20N2O2S. The van der Waals surface area contributed by atoms with Crippen LogP contribution < -0.4 is 0 Å². The Kier molecular flexibility index (Phi) is 4.80. The van der Waals surface area contributed by atoms with Gasteiger partial charge in [0.15, 0.2) is 0 Å². The molecule has 5 heteroatoms. The molecule has 1 heterocycles. The minimum Gasteiger partial charge on any atom is -0.478 e. The number of aromatic carboxylic acids is 1. The predicted molar refractivity (Wildman–Crippen MR) is 76.0 cm³/mol. The lowest BCUT2D eigenvalue weighted by Crippen LogP contribution is -2.11. The summed E-state index contributed by atoms with van der Waals surface area (Å²) in [6.07, 6.45) is 5.72. The number of aromatic nitrogens is 2. The molecule has 0 aliphatic heterocycles. The van der Waals surface area contributed by atoms with Crippen molar-refractivity contribution in [1.82, 2.24) is 9.97 Å². The highest BCUT2D eigenvalue weighted by Crippen LogP contribution is 2.34. The number of aryl methyl sites for hydroxylation is 1. The fourth-order valence-corrected chi connectivity index (χ4v) is 3.42. The third-order valence-corrected chi connectivity index (χ3v) is 4.63. The van der Waals surface area contributed by atoms with E-state index in [1.165, 1.54) is 24.6 Å². The first-order valence-corrected chi connectivity index (χ1v) is 7.86. The van der Waals surface area contributed by atoms with Crippen molar-refractivity contribution in [3.8, 4) is 0 Å². The molecule has 1 aliphatic carbocycles. The maximum absolute atomic E-state index is 11.3. The molecule has 0 spiro atoms. The smallest absolute Gasteiger partial charge is 0.340 e. The highest BCUT2D eigenvalue weighted by Gasteiger charge is 2.24. The van der Waals surface area contributed by atoms with Crippen LogP contribution in [0, 0.1) is 6.92 Å². The van der Waals surface area contributed by atoms with Crippen molar-refractivity contribution in [3.63, 3.8) is 0 Å². The molecule has 19 heavy (non-hydrogen) atoms. The van der Waals surface area contributed by atoms with Crippen LogP contribution in [0.15, 0.2) is 5.03 Å². The maximum Gasteiger partial charge on any atom is 0.340 e. The average molecular weight is 280 g/mol. The molecule has 1 aromatic heterocycles. The summed E-state index contributed by atoms with van der Waals surface area (Å²) < 4.78 is 0. The van der Waals surface area contributed by atoms with Gasteiger partial charge in [-0.2, -0.15) is 0 Å². The van der Waals surface area contributed by atoms with Crippen LogP contribution in [0.5, 0.6) is 0 Å². The summed E-state index contributed by atoms with van der Waals surface area (Å²) in [6, 6.07) is 0. The summed E-state index contributed by atoms with van der Waals surface area (Å²) in [6.45, 7) is 3.86. The Labute approximate surface area is 118 Å². The number of hydrogen-bond acceptors (Lipinski definition) is 4. The molecule has 1 aliphatic rings. The zero-order chi connectivity index (χ0) is 13.8. The van der Waals surface area contributed by atoms with Crippen LogP contribution in [0.2, 0.25) is 0 Å². The van der Waals surface area contributed by atoms with Gasteiger partial charge in [-0.25, -0.2) is 14.8 Å². The van der Waals surface area contributed by atoms with Crippen molar-refractivity contribution in [1.29, 1.82) is 0 Å². The van der Waals surface area contributed by atoms with E-state index in [2.05, 4.69) is 16.9 Å². The Hall–Kier alpha value is -1.10. The van der Waals surface area contributed by atoms with Gasteiger partial charge in [-0.1, -0.05) is 19.8 Å². The number of thioether (sulfide) groups is 1. The van der Waals surface area contributed by atoms with E-state index in [0.29, 0.717) is 16.6 Å². The van der Waals surface area contributed by atoms with E-state index in [-0.39, 0.29) is 5.56 Å². The van der Waals surface area contributed by atoms with Gasteiger partial charge in [0, 0.05) is 5.92 Å². The Bertz CT molecular complexity index is 471. The standard InChI is InChI=1S/C14H20N2O2S/c1-3-8-19-13-11(14(17)18)9(2)15-12(16-13)10-6-4-5-7-10/h10H,3-8H2,1-2H3,(H,17,18). The van der Waals surface area contributed by atoms with Gasteiger partial charge >= 0.3 is 5.97 Å². The highest BCUT2D eigenvalue weighted by atomic mass is 32.2. The molecule has 1 fully saturated rings. The number of rotatable bonds is 5. The van der Waals surface area contributed by atoms with Gasteiger partial charge in [-0.15, -0.1) is 11.8 Å².